The third kappa shape index (κ3) is 6.30. The molecular weight excluding hydrogens is 376 g/mol. The molecule has 0 unspecified atom stereocenters. The van der Waals surface area contributed by atoms with Gasteiger partial charge in [-0.05, 0) is 39.0 Å². The van der Waals surface area contributed by atoms with Crippen LogP contribution in [-0.2, 0) is 23.9 Å². The van der Waals surface area contributed by atoms with Crippen molar-refractivity contribution < 1.29 is 23.9 Å². The second-order valence-electron chi connectivity index (χ2n) is 6.34. The molecule has 0 bridgehead atoms. The van der Waals surface area contributed by atoms with Crippen LogP contribution in [0, 0.1) is 0 Å². The monoisotopic (exact) mass is 396 g/mol. The number of aromatic nitrogens is 1. The molecule has 140 valence electrons. The summed E-state index contributed by atoms with van der Waals surface area (Å²) in [5.41, 5.74) is 0.712. The molecule has 0 aliphatic heterocycles. The van der Waals surface area contributed by atoms with Gasteiger partial charge in [-0.2, -0.15) is 0 Å². The van der Waals surface area contributed by atoms with Gasteiger partial charge in [0.05, 0.1) is 23.1 Å². The zero-order valence-corrected chi connectivity index (χ0v) is 16.6. The van der Waals surface area contributed by atoms with Crippen molar-refractivity contribution in [3.8, 4) is 0 Å². The SMILES string of the molecule is COC(=O)CSc1nc2ccc(NC(=O)CC(=O)OC(C)(C)C)cc2s1. The largest absolute Gasteiger partial charge is 0.468 e. The minimum absolute atomic E-state index is 0.190. The topological polar surface area (TPSA) is 94.6 Å². The summed E-state index contributed by atoms with van der Waals surface area (Å²) >= 11 is 2.71. The molecule has 1 aromatic heterocycles. The molecule has 0 aliphatic carbocycles. The average Bonchev–Trinajstić information content (AvgIpc) is 2.92. The highest BCUT2D eigenvalue weighted by Crippen LogP contribution is 2.31. The number of carbonyl (C=O) groups excluding carboxylic acids is 3. The summed E-state index contributed by atoms with van der Waals surface area (Å²) in [7, 11) is 1.34. The number of fused-ring (bicyclic) bond motifs is 1. The number of hydrogen-bond donors (Lipinski definition) is 1. The first kappa shape index (κ1) is 20.2. The van der Waals surface area contributed by atoms with Crippen molar-refractivity contribution in [3.05, 3.63) is 18.2 Å². The first-order valence-corrected chi connectivity index (χ1v) is 9.58. The highest BCUT2D eigenvalue weighted by Gasteiger charge is 2.19. The van der Waals surface area contributed by atoms with E-state index in [1.54, 1.807) is 39.0 Å². The highest BCUT2D eigenvalue weighted by molar-refractivity contribution is 8.01. The van der Waals surface area contributed by atoms with Crippen LogP contribution in [0.15, 0.2) is 22.5 Å². The van der Waals surface area contributed by atoms with Crippen LogP contribution in [-0.4, -0.2) is 41.3 Å². The maximum absolute atomic E-state index is 12.0. The molecule has 0 saturated heterocycles. The number of anilines is 1. The van der Waals surface area contributed by atoms with E-state index in [4.69, 9.17) is 4.74 Å². The fourth-order valence-corrected chi connectivity index (χ4v) is 3.88. The number of thiazole rings is 1. The molecule has 1 N–H and O–H groups in total. The Bertz CT molecular complexity index is 826. The molecule has 9 heteroatoms. The number of ether oxygens (including phenoxy) is 2. The number of methoxy groups -OCH3 is 1. The molecule has 1 heterocycles. The van der Waals surface area contributed by atoms with E-state index in [1.165, 1.54) is 30.2 Å². The van der Waals surface area contributed by atoms with E-state index in [2.05, 4.69) is 15.0 Å². The summed E-state index contributed by atoms with van der Waals surface area (Å²) in [6.07, 6.45) is -0.349. The lowest BCUT2D eigenvalue weighted by Gasteiger charge is -2.19. The second-order valence-corrected chi connectivity index (χ2v) is 8.59. The number of amides is 1. The molecule has 0 saturated carbocycles. The van der Waals surface area contributed by atoms with Gasteiger partial charge in [0, 0.05) is 5.69 Å². The van der Waals surface area contributed by atoms with Crippen molar-refractivity contribution in [2.24, 2.45) is 0 Å². The van der Waals surface area contributed by atoms with Crippen molar-refractivity contribution in [2.75, 3.05) is 18.2 Å². The van der Waals surface area contributed by atoms with Crippen LogP contribution in [0.1, 0.15) is 27.2 Å². The fraction of sp³-hybridized carbons (Fsp3) is 0.412. The van der Waals surface area contributed by atoms with Gasteiger partial charge in [-0.25, -0.2) is 4.98 Å². The maximum Gasteiger partial charge on any atom is 0.316 e. The van der Waals surface area contributed by atoms with Gasteiger partial charge in [-0.15, -0.1) is 11.3 Å². The summed E-state index contributed by atoms with van der Waals surface area (Å²) in [4.78, 5) is 39.3. The molecule has 0 radical (unpaired) electrons. The fourth-order valence-electron chi connectivity index (χ4n) is 1.94. The highest BCUT2D eigenvalue weighted by atomic mass is 32.2. The Hall–Kier alpha value is -2.13. The van der Waals surface area contributed by atoms with Crippen LogP contribution in [0.2, 0.25) is 0 Å². The van der Waals surface area contributed by atoms with Gasteiger partial charge in [0.15, 0.2) is 4.34 Å². The van der Waals surface area contributed by atoms with Crippen LogP contribution in [0.25, 0.3) is 10.2 Å². The summed E-state index contributed by atoms with van der Waals surface area (Å²) in [6, 6.07) is 5.27. The first-order chi connectivity index (χ1) is 12.2. The van der Waals surface area contributed by atoms with E-state index in [-0.39, 0.29) is 18.1 Å². The van der Waals surface area contributed by atoms with Gasteiger partial charge in [0.1, 0.15) is 12.0 Å². The second kappa shape index (κ2) is 8.50. The zero-order valence-electron chi connectivity index (χ0n) is 15.0. The molecule has 0 spiro atoms. The van der Waals surface area contributed by atoms with Gasteiger partial charge in [-0.3, -0.25) is 14.4 Å². The Labute approximate surface area is 159 Å². The van der Waals surface area contributed by atoms with E-state index >= 15 is 0 Å². The standard InChI is InChI=1S/C17H20N2O5S2/c1-17(2,3)24-14(21)8-13(20)18-10-5-6-11-12(7-10)26-16(19-11)25-9-15(22)23-4/h5-7H,8-9H2,1-4H3,(H,18,20). The quantitative estimate of drug-likeness (QED) is 0.455. The predicted molar refractivity (Wildman–Crippen MR) is 101 cm³/mol. The predicted octanol–water partition coefficient (Wildman–Crippen LogP) is 3.23. The lowest BCUT2D eigenvalue weighted by molar-refractivity contribution is -0.155. The molecule has 0 fully saturated rings. The Kier molecular flexibility index (Phi) is 6.60. The van der Waals surface area contributed by atoms with E-state index in [0.717, 1.165) is 14.6 Å². The van der Waals surface area contributed by atoms with Crippen LogP contribution < -0.4 is 5.32 Å². The normalized spacial score (nSPS) is 11.2. The zero-order chi connectivity index (χ0) is 19.3. The van der Waals surface area contributed by atoms with Gasteiger partial charge >= 0.3 is 11.9 Å². The van der Waals surface area contributed by atoms with Gasteiger partial charge in [-0.1, -0.05) is 11.8 Å². The van der Waals surface area contributed by atoms with Gasteiger partial charge < -0.3 is 14.8 Å². The van der Waals surface area contributed by atoms with Crippen LogP contribution in [0.4, 0.5) is 5.69 Å². The molecule has 0 atom stereocenters. The molecular formula is C17H20N2O5S2. The van der Waals surface area contributed by atoms with Crippen molar-refractivity contribution >= 4 is 56.8 Å². The molecule has 1 amide bonds. The number of esters is 2. The lowest BCUT2D eigenvalue weighted by Crippen LogP contribution is -2.27. The van der Waals surface area contributed by atoms with Crippen LogP contribution in [0.5, 0.6) is 0 Å². The van der Waals surface area contributed by atoms with Crippen molar-refractivity contribution in [1.29, 1.82) is 0 Å². The van der Waals surface area contributed by atoms with Crippen molar-refractivity contribution in [2.45, 2.75) is 37.1 Å². The molecule has 26 heavy (non-hydrogen) atoms. The van der Waals surface area contributed by atoms with Gasteiger partial charge in [0.25, 0.3) is 0 Å². The van der Waals surface area contributed by atoms with Crippen LogP contribution in [0.3, 0.4) is 0 Å². The maximum atomic E-state index is 12.0. The third-order valence-electron chi connectivity index (χ3n) is 2.92. The third-order valence-corrected chi connectivity index (χ3v) is 5.05. The molecule has 2 rings (SSSR count). The minimum atomic E-state index is -0.628. The number of hydrogen-bond acceptors (Lipinski definition) is 8. The minimum Gasteiger partial charge on any atom is -0.468 e. The number of nitrogens with one attached hydrogen (secondary N) is 1. The van der Waals surface area contributed by atoms with E-state index in [1.807, 2.05) is 0 Å². The Morgan fingerprint density at radius 2 is 1.96 bits per heavy atom. The number of benzene rings is 1. The molecule has 7 nitrogen and oxygen atoms in total. The van der Waals surface area contributed by atoms with E-state index in [0.29, 0.717) is 5.69 Å². The Morgan fingerprint density at radius 1 is 1.23 bits per heavy atom. The molecule has 2 aromatic rings. The Morgan fingerprint density at radius 3 is 2.62 bits per heavy atom. The molecule has 1 aromatic carbocycles. The summed E-state index contributed by atoms with van der Waals surface area (Å²) < 4.78 is 11.3. The number of rotatable bonds is 6. The van der Waals surface area contributed by atoms with Crippen molar-refractivity contribution in [3.63, 3.8) is 0 Å². The lowest BCUT2D eigenvalue weighted by atomic mass is 10.2. The first-order valence-electron chi connectivity index (χ1n) is 7.78. The number of carbonyl (C=O) groups is 3. The summed E-state index contributed by atoms with van der Waals surface area (Å²) in [5, 5.41) is 2.68. The summed E-state index contributed by atoms with van der Waals surface area (Å²) in [6.45, 7) is 5.24. The van der Waals surface area contributed by atoms with E-state index in [9.17, 15) is 14.4 Å². The smallest absolute Gasteiger partial charge is 0.316 e. The molecule has 0 aliphatic rings. The number of nitrogens with zero attached hydrogens (tertiary/aromatic N) is 1. The average molecular weight is 396 g/mol. The number of thioether (sulfide) groups is 1. The van der Waals surface area contributed by atoms with Gasteiger partial charge in [0.2, 0.25) is 5.91 Å². The Balaban J connectivity index is 1.98. The van der Waals surface area contributed by atoms with Crippen molar-refractivity contribution in [1.82, 2.24) is 4.98 Å². The van der Waals surface area contributed by atoms with Crippen LogP contribution >= 0.6 is 23.1 Å². The van der Waals surface area contributed by atoms with E-state index < -0.39 is 17.5 Å². The summed E-state index contributed by atoms with van der Waals surface area (Å²) in [5.74, 6) is -1.14.